The van der Waals surface area contributed by atoms with Crippen molar-refractivity contribution < 1.29 is 9.90 Å². The predicted molar refractivity (Wildman–Crippen MR) is 61.7 cm³/mol. The molecule has 5 heteroatoms. The average Bonchev–Trinajstić information content (AvgIpc) is 2.49. The van der Waals surface area contributed by atoms with Gasteiger partial charge in [0.2, 0.25) is 0 Å². The molecule has 1 fully saturated rings. The zero-order valence-electron chi connectivity index (χ0n) is 8.12. The van der Waals surface area contributed by atoms with Crippen LogP contribution in [0.1, 0.15) is 19.3 Å². The van der Waals surface area contributed by atoms with Gasteiger partial charge in [-0.2, -0.15) is 0 Å². The van der Waals surface area contributed by atoms with Crippen molar-refractivity contribution in [3.63, 3.8) is 0 Å². The fourth-order valence-corrected chi connectivity index (χ4v) is 2.67. The van der Waals surface area contributed by atoms with E-state index in [1.807, 2.05) is 12.1 Å². The molecule has 1 heterocycles. The Bertz CT molecular complexity index is 373. The highest BCUT2D eigenvalue weighted by Gasteiger charge is 2.44. The van der Waals surface area contributed by atoms with Gasteiger partial charge in [-0.15, -0.1) is 11.3 Å². The van der Waals surface area contributed by atoms with Gasteiger partial charge in [0.15, 0.2) is 0 Å². The smallest absolute Gasteiger partial charge is 0.311 e. The van der Waals surface area contributed by atoms with E-state index in [1.165, 1.54) is 11.3 Å². The van der Waals surface area contributed by atoms with Gasteiger partial charge in [-0.05, 0) is 25.0 Å². The molecule has 1 aliphatic carbocycles. The molecule has 1 aromatic heterocycles. The van der Waals surface area contributed by atoms with Crippen LogP contribution in [0.2, 0.25) is 4.34 Å². The lowest BCUT2D eigenvalue weighted by molar-refractivity contribution is -0.153. The van der Waals surface area contributed by atoms with Crippen molar-refractivity contribution in [3.8, 4) is 0 Å². The monoisotopic (exact) mass is 245 g/mol. The minimum Gasteiger partial charge on any atom is -0.481 e. The first kappa shape index (κ1) is 10.8. The molecule has 0 radical (unpaired) electrons. The predicted octanol–water partition coefficient (Wildman–Crippen LogP) is 3.07. The van der Waals surface area contributed by atoms with E-state index in [9.17, 15) is 4.79 Å². The van der Waals surface area contributed by atoms with Gasteiger partial charge in [0.1, 0.15) is 0 Å². The maximum atomic E-state index is 11.1. The van der Waals surface area contributed by atoms with E-state index in [0.717, 1.165) is 28.6 Å². The number of nitrogens with one attached hydrogen (secondary N) is 1. The Hall–Kier alpha value is -0.740. The maximum Gasteiger partial charge on any atom is 0.311 e. The molecule has 15 heavy (non-hydrogen) atoms. The number of carbonyl (C=O) groups is 1. The lowest BCUT2D eigenvalue weighted by atomic mass is 9.69. The minimum absolute atomic E-state index is 0.499. The number of halogens is 1. The topological polar surface area (TPSA) is 49.3 Å². The number of thiophene rings is 1. The normalized spacial score (nSPS) is 18.2. The molecule has 2 rings (SSSR count). The molecule has 0 aliphatic heterocycles. The SMILES string of the molecule is O=C(O)C1(CNc2ccc(Cl)s2)CCC1. The summed E-state index contributed by atoms with van der Waals surface area (Å²) >= 11 is 7.22. The van der Waals surface area contributed by atoms with Crippen LogP contribution in [0.5, 0.6) is 0 Å². The van der Waals surface area contributed by atoms with Gasteiger partial charge in [-0.1, -0.05) is 18.0 Å². The number of rotatable bonds is 4. The van der Waals surface area contributed by atoms with Crippen LogP contribution < -0.4 is 5.32 Å². The summed E-state index contributed by atoms with van der Waals surface area (Å²) in [5.41, 5.74) is -0.545. The van der Waals surface area contributed by atoms with Crippen LogP contribution in [0.25, 0.3) is 0 Å². The van der Waals surface area contributed by atoms with Gasteiger partial charge in [-0.3, -0.25) is 4.79 Å². The molecule has 0 atom stereocenters. The van der Waals surface area contributed by atoms with E-state index in [1.54, 1.807) is 0 Å². The van der Waals surface area contributed by atoms with Gasteiger partial charge in [0, 0.05) is 6.54 Å². The Balaban J connectivity index is 1.95. The summed E-state index contributed by atoms with van der Waals surface area (Å²) in [5.74, 6) is -0.691. The lowest BCUT2D eigenvalue weighted by Gasteiger charge is -2.37. The first-order valence-corrected chi connectivity index (χ1v) is 6.04. The second-order valence-corrected chi connectivity index (χ2v) is 5.61. The van der Waals surface area contributed by atoms with Crippen molar-refractivity contribution >= 4 is 33.9 Å². The summed E-state index contributed by atoms with van der Waals surface area (Å²) in [5, 5.41) is 13.2. The maximum absolute atomic E-state index is 11.1. The van der Waals surface area contributed by atoms with Crippen LogP contribution >= 0.6 is 22.9 Å². The van der Waals surface area contributed by atoms with Gasteiger partial charge >= 0.3 is 5.97 Å². The van der Waals surface area contributed by atoms with Crippen molar-refractivity contribution in [2.45, 2.75) is 19.3 Å². The minimum atomic E-state index is -0.691. The molecular formula is C10H12ClNO2S. The summed E-state index contributed by atoms with van der Waals surface area (Å²) in [6, 6.07) is 3.68. The Morgan fingerprint density at radius 2 is 2.33 bits per heavy atom. The van der Waals surface area contributed by atoms with Crippen LogP contribution in [0.3, 0.4) is 0 Å². The van der Waals surface area contributed by atoms with Gasteiger partial charge in [-0.25, -0.2) is 0 Å². The summed E-state index contributed by atoms with van der Waals surface area (Å²) in [6.07, 6.45) is 2.56. The van der Waals surface area contributed by atoms with E-state index in [2.05, 4.69) is 5.32 Å². The van der Waals surface area contributed by atoms with Crippen molar-refractivity contribution in [2.24, 2.45) is 5.41 Å². The Kier molecular flexibility index (Phi) is 2.89. The van der Waals surface area contributed by atoms with Crippen LogP contribution in [0, 0.1) is 5.41 Å². The average molecular weight is 246 g/mol. The largest absolute Gasteiger partial charge is 0.481 e. The molecule has 2 N–H and O–H groups in total. The van der Waals surface area contributed by atoms with Gasteiger partial charge in [0.05, 0.1) is 14.8 Å². The first-order chi connectivity index (χ1) is 7.12. The molecule has 0 spiro atoms. The Morgan fingerprint density at radius 1 is 1.60 bits per heavy atom. The molecule has 0 amide bonds. The van der Waals surface area contributed by atoms with E-state index in [-0.39, 0.29) is 0 Å². The van der Waals surface area contributed by atoms with Crippen LogP contribution in [0.4, 0.5) is 5.00 Å². The van der Waals surface area contributed by atoms with Gasteiger partial charge < -0.3 is 10.4 Å². The zero-order valence-corrected chi connectivity index (χ0v) is 9.70. The summed E-state index contributed by atoms with van der Waals surface area (Å²) in [4.78, 5) is 11.1. The van der Waals surface area contributed by atoms with Crippen LogP contribution in [0.15, 0.2) is 12.1 Å². The number of aliphatic carboxylic acids is 1. The fraction of sp³-hybridized carbons (Fsp3) is 0.500. The van der Waals surface area contributed by atoms with E-state index < -0.39 is 11.4 Å². The number of carboxylic acids is 1. The molecule has 0 bridgehead atoms. The third-order valence-electron chi connectivity index (χ3n) is 2.94. The second-order valence-electron chi connectivity index (χ2n) is 3.90. The highest BCUT2D eigenvalue weighted by atomic mass is 35.5. The Labute approximate surface area is 97.1 Å². The Morgan fingerprint density at radius 3 is 2.73 bits per heavy atom. The van der Waals surface area contributed by atoms with Crippen LogP contribution in [-0.4, -0.2) is 17.6 Å². The third-order valence-corrected chi connectivity index (χ3v) is 4.13. The number of hydrogen-bond acceptors (Lipinski definition) is 3. The number of hydrogen-bond donors (Lipinski definition) is 2. The number of anilines is 1. The lowest BCUT2D eigenvalue weighted by Crippen LogP contribution is -2.43. The fourth-order valence-electron chi connectivity index (χ4n) is 1.74. The van der Waals surface area contributed by atoms with E-state index in [0.29, 0.717) is 6.54 Å². The summed E-state index contributed by atoms with van der Waals surface area (Å²) in [7, 11) is 0. The molecular weight excluding hydrogens is 234 g/mol. The first-order valence-electron chi connectivity index (χ1n) is 4.85. The van der Waals surface area contributed by atoms with E-state index in [4.69, 9.17) is 16.7 Å². The highest BCUT2D eigenvalue weighted by Crippen LogP contribution is 2.41. The quantitative estimate of drug-likeness (QED) is 0.857. The second kappa shape index (κ2) is 4.02. The van der Waals surface area contributed by atoms with Gasteiger partial charge in [0.25, 0.3) is 0 Å². The number of carboxylic acid groups (broad SMARTS) is 1. The van der Waals surface area contributed by atoms with Crippen molar-refractivity contribution in [1.29, 1.82) is 0 Å². The van der Waals surface area contributed by atoms with Crippen molar-refractivity contribution in [2.75, 3.05) is 11.9 Å². The molecule has 3 nitrogen and oxygen atoms in total. The standard InChI is InChI=1S/C10H12ClNO2S/c11-7-2-3-8(15-7)12-6-10(9(13)14)4-1-5-10/h2-3,12H,1,4-6H2,(H,13,14). The molecule has 0 saturated heterocycles. The summed E-state index contributed by atoms with van der Waals surface area (Å²) < 4.78 is 0.718. The zero-order chi connectivity index (χ0) is 10.9. The molecule has 0 unspecified atom stereocenters. The van der Waals surface area contributed by atoms with Crippen molar-refractivity contribution in [1.82, 2.24) is 0 Å². The van der Waals surface area contributed by atoms with Crippen molar-refractivity contribution in [3.05, 3.63) is 16.5 Å². The highest BCUT2D eigenvalue weighted by molar-refractivity contribution is 7.19. The molecule has 82 valence electrons. The third kappa shape index (κ3) is 2.11. The van der Waals surface area contributed by atoms with E-state index >= 15 is 0 Å². The van der Waals surface area contributed by atoms with Crippen LogP contribution in [-0.2, 0) is 4.79 Å². The summed E-state index contributed by atoms with van der Waals surface area (Å²) in [6.45, 7) is 0.499. The molecule has 0 aromatic carbocycles. The molecule has 1 aliphatic rings. The molecule has 1 aromatic rings. The molecule has 1 saturated carbocycles.